The van der Waals surface area contributed by atoms with Crippen molar-refractivity contribution in [2.24, 2.45) is 5.92 Å². The second kappa shape index (κ2) is 6.58. The van der Waals surface area contributed by atoms with Crippen LogP contribution in [0.25, 0.3) is 0 Å². The first-order valence-electron chi connectivity index (χ1n) is 6.98. The maximum atomic E-state index is 9.39. The van der Waals surface area contributed by atoms with Gasteiger partial charge < -0.3 is 15.7 Å². The van der Waals surface area contributed by atoms with E-state index in [9.17, 15) is 5.11 Å². The molecule has 0 radical (unpaired) electrons. The fraction of sp³-hybridized carbons (Fsp3) is 1.00. The molecule has 3 N–H and O–H groups in total. The molecule has 0 amide bonds. The fourth-order valence-corrected chi connectivity index (χ4v) is 3.13. The van der Waals surface area contributed by atoms with Crippen LogP contribution in [0.15, 0.2) is 0 Å². The average Bonchev–Trinajstić information content (AvgIpc) is 2.58. The van der Waals surface area contributed by atoms with Crippen LogP contribution in [0.4, 0.5) is 0 Å². The Hall–Kier alpha value is -0.120. The van der Waals surface area contributed by atoms with Crippen molar-refractivity contribution in [1.29, 1.82) is 0 Å². The molecule has 2 aliphatic rings. The maximum absolute atomic E-state index is 9.39. The van der Waals surface area contributed by atoms with E-state index in [0.717, 1.165) is 6.54 Å². The van der Waals surface area contributed by atoms with Crippen LogP contribution in [-0.4, -0.2) is 36.9 Å². The topological polar surface area (TPSA) is 44.3 Å². The van der Waals surface area contributed by atoms with E-state index in [1.807, 2.05) is 0 Å². The minimum absolute atomic E-state index is 0.364. The van der Waals surface area contributed by atoms with Crippen molar-refractivity contribution in [2.45, 2.75) is 57.0 Å². The molecule has 3 atom stereocenters. The van der Waals surface area contributed by atoms with Crippen LogP contribution < -0.4 is 10.6 Å². The summed E-state index contributed by atoms with van der Waals surface area (Å²) in [6, 6.07) is 1.24. The zero-order valence-corrected chi connectivity index (χ0v) is 10.3. The first-order chi connectivity index (χ1) is 7.90. The molecule has 1 saturated carbocycles. The summed E-state index contributed by atoms with van der Waals surface area (Å²) < 4.78 is 0. The third-order valence-electron chi connectivity index (χ3n) is 4.17. The maximum Gasteiger partial charge on any atom is 0.0474 e. The Balaban J connectivity index is 1.81. The van der Waals surface area contributed by atoms with Crippen LogP contribution >= 0.6 is 0 Å². The van der Waals surface area contributed by atoms with Crippen molar-refractivity contribution < 1.29 is 5.11 Å². The standard InChI is InChI=1S/C13H26N2O/c16-10-11-4-1-2-6-13(11)15-12-5-3-8-14-9-7-12/h11-16H,1-10H2. The van der Waals surface area contributed by atoms with E-state index in [4.69, 9.17) is 0 Å². The Morgan fingerprint density at radius 1 is 1.00 bits per heavy atom. The molecule has 1 aliphatic carbocycles. The monoisotopic (exact) mass is 226 g/mol. The summed E-state index contributed by atoms with van der Waals surface area (Å²) in [7, 11) is 0. The van der Waals surface area contributed by atoms with Crippen LogP contribution in [0.3, 0.4) is 0 Å². The van der Waals surface area contributed by atoms with Gasteiger partial charge in [-0.3, -0.25) is 0 Å². The Labute approximate surface area is 99.0 Å². The van der Waals surface area contributed by atoms with Crippen LogP contribution in [0.1, 0.15) is 44.9 Å². The van der Waals surface area contributed by atoms with Crippen molar-refractivity contribution in [3.05, 3.63) is 0 Å². The van der Waals surface area contributed by atoms with E-state index in [-0.39, 0.29) is 0 Å². The quantitative estimate of drug-likeness (QED) is 0.679. The molecule has 16 heavy (non-hydrogen) atoms. The third-order valence-corrected chi connectivity index (χ3v) is 4.17. The molecule has 94 valence electrons. The molecular weight excluding hydrogens is 200 g/mol. The van der Waals surface area contributed by atoms with E-state index in [2.05, 4.69) is 10.6 Å². The van der Waals surface area contributed by atoms with Gasteiger partial charge in [-0.2, -0.15) is 0 Å². The van der Waals surface area contributed by atoms with Gasteiger partial charge in [-0.1, -0.05) is 12.8 Å². The van der Waals surface area contributed by atoms with Gasteiger partial charge in [0.25, 0.3) is 0 Å². The second-order valence-corrected chi connectivity index (χ2v) is 5.38. The molecule has 3 unspecified atom stereocenters. The second-order valence-electron chi connectivity index (χ2n) is 5.38. The van der Waals surface area contributed by atoms with Gasteiger partial charge >= 0.3 is 0 Å². The summed E-state index contributed by atoms with van der Waals surface area (Å²) in [6.45, 7) is 2.68. The first-order valence-corrected chi connectivity index (χ1v) is 6.98. The molecular formula is C13H26N2O. The van der Waals surface area contributed by atoms with Gasteiger partial charge in [-0.15, -0.1) is 0 Å². The molecule has 2 fully saturated rings. The van der Waals surface area contributed by atoms with Gasteiger partial charge in [-0.05, 0) is 51.1 Å². The molecule has 3 nitrogen and oxygen atoms in total. The highest BCUT2D eigenvalue weighted by atomic mass is 16.3. The van der Waals surface area contributed by atoms with Crippen molar-refractivity contribution in [1.82, 2.24) is 10.6 Å². The minimum Gasteiger partial charge on any atom is -0.396 e. The highest BCUT2D eigenvalue weighted by Gasteiger charge is 2.26. The normalized spacial score (nSPS) is 36.9. The third kappa shape index (κ3) is 3.44. The molecule has 1 aliphatic heterocycles. The highest BCUT2D eigenvalue weighted by Crippen LogP contribution is 2.25. The van der Waals surface area contributed by atoms with Crippen LogP contribution in [0.2, 0.25) is 0 Å². The number of hydrogen-bond donors (Lipinski definition) is 3. The zero-order valence-electron chi connectivity index (χ0n) is 10.3. The van der Waals surface area contributed by atoms with Crippen LogP contribution in [0, 0.1) is 5.92 Å². The van der Waals surface area contributed by atoms with Gasteiger partial charge in [0.05, 0.1) is 0 Å². The first kappa shape index (κ1) is 12.3. The van der Waals surface area contributed by atoms with Crippen molar-refractivity contribution in [3.8, 4) is 0 Å². The van der Waals surface area contributed by atoms with Crippen molar-refractivity contribution >= 4 is 0 Å². The number of rotatable bonds is 3. The molecule has 1 heterocycles. The number of aliphatic hydroxyl groups is 1. The molecule has 0 spiro atoms. The predicted octanol–water partition coefficient (Wildman–Crippen LogP) is 1.27. The van der Waals surface area contributed by atoms with Crippen LogP contribution in [-0.2, 0) is 0 Å². The molecule has 3 heteroatoms. The molecule has 2 rings (SSSR count). The summed E-state index contributed by atoms with van der Waals surface area (Å²) in [4.78, 5) is 0. The van der Waals surface area contributed by atoms with Crippen LogP contribution in [0.5, 0.6) is 0 Å². The van der Waals surface area contributed by atoms with Gasteiger partial charge in [0, 0.05) is 18.7 Å². The van der Waals surface area contributed by atoms with E-state index >= 15 is 0 Å². The Bertz CT molecular complexity index is 190. The minimum atomic E-state index is 0.364. The molecule has 0 bridgehead atoms. The zero-order chi connectivity index (χ0) is 11.2. The summed E-state index contributed by atoms with van der Waals surface area (Å²) in [5.41, 5.74) is 0. The number of hydrogen-bond acceptors (Lipinski definition) is 3. The largest absolute Gasteiger partial charge is 0.396 e. The van der Waals surface area contributed by atoms with Crippen molar-refractivity contribution in [3.63, 3.8) is 0 Å². The lowest BCUT2D eigenvalue weighted by Crippen LogP contribution is -2.45. The smallest absolute Gasteiger partial charge is 0.0474 e. The Kier molecular flexibility index (Phi) is 5.07. The predicted molar refractivity (Wildman–Crippen MR) is 66.5 cm³/mol. The number of aliphatic hydroxyl groups excluding tert-OH is 1. The van der Waals surface area contributed by atoms with Gasteiger partial charge in [0.1, 0.15) is 0 Å². The molecule has 0 aromatic rings. The summed E-state index contributed by atoms with van der Waals surface area (Å²) in [6.07, 6.45) is 8.92. The fourth-order valence-electron chi connectivity index (χ4n) is 3.13. The number of nitrogens with one attached hydrogen (secondary N) is 2. The van der Waals surface area contributed by atoms with Gasteiger partial charge in [0.15, 0.2) is 0 Å². The van der Waals surface area contributed by atoms with Crippen molar-refractivity contribution in [2.75, 3.05) is 19.7 Å². The molecule has 0 aromatic heterocycles. The lowest BCUT2D eigenvalue weighted by molar-refractivity contribution is 0.144. The Morgan fingerprint density at radius 3 is 2.75 bits per heavy atom. The Morgan fingerprint density at radius 2 is 1.88 bits per heavy atom. The van der Waals surface area contributed by atoms with Gasteiger partial charge in [0.2, 0.25) is 0 Å². The van der Waals surface area contributed by atoms with Gasteiger partial charge in [-0.25, -0.2) is 0 Å². The van der Waals surface area contributed by atoms with E-state index in [0.29, 0.717) is 24.6 Å². The van der Waals surface area contributed by atoms with E-state index in [1.54, 1.807) is 0 Å². The molecule has 0 aromatic carbocycles. The molecule has 1 saturated heterocycles. The highest BCUT2D eigenvalue weighted by molar-refractivity contribution is 4.84. The SMILES string of the molecule is OCC1CCCCC1NC1CCCNCC1. The summed E-state index contributed by atoms with van der Waals surface area (Å²) >= 11 is 0. The van der Waals surface area contributed by atoms with E-state index < -0.39 is 0 Å². The summed E-state index contributed by atoms with van der Waals surface area (Å²) in [5.74, 6) is 0.505. The summed E-state index contributed by atoms with van der Waals surface area (Å²) in [5, 5.41) is 16.6. The average molecular weight is 226 g/mol. The lowest BCUT2D eigenvalue weighted by Gasteiger charge is -2.34. The lowest BCUT2D eigenvalue weighted by atomic mass is 9.84. The van der Waals surface area contributed by atoms with E-state index in [1.165, 1.54) is 51.5 Å².